The standard InChI is InChI=1S/C33H30ClN3O9S/c1-5-44-25-12-9-21(16-26(25)45-6-2)29-23(32(39)43-4)17-35-33-36(29)31(38)28(47-33)15-20-13-24(34)30(27(14-20)42-3)46-18-19-7-10-22(11-8-19)37(40)41/h7-17,29H,5-6,18H2,1-4H3/b28-15-/t29-/m1/s1. The van der Waals surface area contributed by atoms with Crippen LogP contribution in [0.1, 0.15) is 36.6 Å². The van der Waals surface area contributed by atoms with Crippen LogP contribution in [0.4, 0.5) is 5.69 Å². The van der Waals surface area contributed by atoms with Crippen LogP contribution < -0.4 is 33.8 Å². The van der Waals surface area contributed by atoms with Crippen molar-refractivity contribution in [2.75, 3.05) is 27.4 Å². The molecule has 47 heavy (non-hydrogen) atoms. The first kappa shape index (κ1) is 33.2. The number of nitro benzene ring substituents is 1. The summed E-state index contributed by atoms with van der Waals surface area (Å²) in [6.45, 7) is 4.63. The molecule has 0 fully saturated rings. The zero-order chi connectivity index (χ0) is 33.7. The van der Waals surface area contributed by atoms with Crippen molar-refractivity contribution < 1.29 is 33.4 Å². The van der Waals surface area contributed by atoms with Crippen LogP contribution in [0.3, 0.4) is 0 Å². The van der Waals surface area contributed by atoms with Gasteiger partial charge in [0.2, 0.25) is 0 Å². The van der Waals surface area contributed by atoms with Gasteiger partial charge in [0.05, 0.1) is 53.5 Å². The molecule has 1 aromatic heterocycles. The summed E-state index contributed by atoms with van der Waals surface area (Å²) in [7, 11) is 2.73. The summed E-state index contributed by atoms with van der Waals surface area (Å²) < 4.78 is 29.8. The van der Waals surface area contributed by atoms with Crippen LogP contribution in [0, 0.1) is 10.1 Å². The van der Waals surface area contributed by atoms with Crippen molar-refractivity contribution in [2.45, 2.75) is 26.5 Å². The van der Waals surface area contributed by atoms with Crippen LogP contribution in [0.5, 0.6) is 23.0 Å². The number of esters is 1. The minimum absolute atomic E-state index is 0.0263. The second-order valence-electron chi connectivity index (χ2n) is 9.99. The summed E-state index contributed by atoms with van der Waals surface area (Å²) in [4.78, 5) is 42.1. The summed E-state index contributed by atoms with van der Waals surface area (Å²) in [5.74, 6) is 0.991. The Morgan fingerprint density at radius 1 is 1.02 bits per heavy atom. The lowest BCUT2D eigenvalue weighted by atomic mass is 9.97. The molecule has 0 N–H and O–H groups in total. The molecule has 0 saturated heterocycles. The van der Waals surface area contributed by atoms with Gasteiger partial charge in [-0.2, -0.15) is 0 Å². The van der Waals surface area contributed by atoms with E-state index in [0.717, 1.165) is 11.3 Å². The SMILES string of the molecule is CCOc1ccc([C@@H]2C(C(=O)OC)=CN=c3s/c(=C\c4cc(Cl)c(OCc5ccc([N+](=O)[O-])cc5)c(OC)c4)c(=O)n32)cc1OCC. The first-order valence-corrected chi connectivity index (χ1v) is 15.6. The van der Waals surface area contributed by atoms with Crippen molar-refractivity contribution in [3.05, 3.63) is 118 Å². The fraction of sp³-hybridized carbons (Fsp3) is 0.242. The molecule has 1 aliphatic rings. The van der Waals surface area contributed by atoms with Crippen molar-refractivity contribution >= 4 is 40.7 Å². The van der Waals surface area contributed by atoms with Gasteiger partial charge in [0.1, 0.15) is 6.61 Å². The third-order valence-electron chi connectivity index (χ3n) is 7.09. The largest absolute Gasteiger partial charge is 0.493 e. The van der Waals surface area contributed by atoms with Gasteiger partial charge in [-0.3, -0.25) is 19.5 Å². The van der Waals surface area contributed by atoms with Gasteiger partial charge < -0.3 is 23.7 Å². The van der Waals surface area contributed by atoms with Crippen LogP contribution >= 0.6 is 22.9 Å². The van der Waals surface area contributed by atoms with Gasteiger partial charge in [-0.1, -0.05) is 29.0 Å². The van der Waals surface area contributed by atoms with Crippen LogP contribution in [0.25, 0.3) is 6.08 Å². The molecule has 12 nitrogen and oxygen atoms in total. The molecule has 1 aliphatic heterocycles. The zero-order valence-electron chi connectivity index (χ0n) is 25.9. The molecule has 0 bridgehead atoms. The van der Waals surface area contributed by atoms with Gasteiger partial charge in [0.15, 0.2) is 27.8 Å². The third-order valence-corrected chi connectivity index (χ3v) is 8.37. The first-order chi connectivity index (χ1) is 22.7. The predicted molar refractivity (Wildman–Crippen MR) is 175 cm³/mol. The summed E-state index contributed by atoms with van der Waals surface area (Å²) in [6.07, 6.45) is 3.07. The summed E-state index contributed by atoms with van der Waals surface area (Å²) in [5.41, 5.74) is 1.63. The number of non-ortho nitro benzene ring substituents is 1. The summed E-state index contributed by atoms with van der Waals surface area (Å²) in [6, 6.07) is 13.7. The number of nitro groups is 1. The molecular weight excluding hydrogens is 650 g/mol. The first-order valence-electron chi connectivity index (χ1n) is 14.4. The fourth-order valence-corrected chi connectivity index (χ4v) is 6.21. The Kier molecular flexibility index (Phi) is 10.3. The third kappa shape index (κ3) is 7.00. The number of methoxy groups -OCH3 is 2. The number of fused-ring (bicyclic) bond motifs is 1. The van der Waals surface area contributed by atoms with Gasteiger partial charge >= 0.3 is 5.97 Å². The van der Waals surface area contributed by atoms with E-state index in [0.29, 0.717) is 56.5 Å². The Morgan fingerprint density at radius 2 is 1.74 bits per heavy atom. The van der Waals surface area contributed by atoms with Gasteiger partial charge in [0, 0.05) is 18.3 Å². The highest BCUT2D eigenvalue weighted by Gasteiger charge is 2.31. The molecule has 3 aromatic carbocycles. The van der Waals surface area contributed by atoms with E-state index < -0.39 is 16.9 Å². The topological polar surface area (TPSA) is 141 Å². The van der Waals surface area contributed by atoms with Gasteiger partial charge in [-0.15, -0.1) is 0 Å². The monoisotopic (exact) mass is 679 g/mol. The molecule has 0 unspecified atom stereocenters. The fourth-order valence-electron chi connectivity index (χ4n) is 4.97. The maximum Gasteiger partial charge on any atom is 0.337 e. The maximum absolute atomic E-state index is 14.0. The smallest absolute Gasteiger partial charge is 0.337 e. The second kappa shape index (κ2) is 14.5. The number of halogens is 1. The van der Waals surface area contributed by atoms with E-state index in [-0.39, 0.29) is 34.2 Å². The van der Waals surface area contributed by atoms with Crippen molar-refractivity contribution in [3.8, 4) is 23.0 Å². The summed E-state index contributed by atoms with van der Waals surface area (Å²) in [5, 5.41) is 11.2. The Hall–Kier alpha value is -5.14. The Morgan fingerprint density at radius 3 is 2.40 bits per heavy atom. The average Bonchev–Trinajstić information content (AvgIpc) is 3.38. The minimum Gasteiger partial charge on any atom is -0.493 e. The van der Waals surface area contributed by atoms with E-state index in [1.807, 2.05) is 13.8 Å². The molecule has 0 spiro atoms. The highest BCUT2D eigenvalue weighted by atomic mass is 35.5. The van der Waals surface area contributed by atoms with Crippen molar-refractivity contribution in [1.29, 1.82) is 0 Å². The molecule has 0 saturated carbocycles. The van der Waals surface area contributed by atoms with Crippen molar-refractivity contribution in [2.24, 2.45) is 4.99 Å². The average molecular weight is 680 g/mol. The van der Waals surface area contributed by atoms with E-state index in [1.165, 1.54) is 37.1 Å². The van der Waals surface area contributed by atoms with Crippen molar-refractivity contribution in [1.82, 2.24) is 4.57 Å². The van der Waals surface area contributed by atoms with Crippen LogP contribution in [0.2, 0.25) is 5.02 Å². The summed E-state index contributed by atoms with van der Waals surface area (Å²) >= 11 is 7.76. The van der Waals surface area contributed by atoms with E-state index >= 15 is 0 Å². The molecule has 0 aliphatic carbocycles. The van der Waals surface area contributed by atoms with E-state index in [2.05, 4.69) is 4.99 Å². The minimum atomic E-state index is -0.843. The Bertz CT molecular complexity index is 2040. The number of carbonyl (C=O) groups is 1. The molecule has 1 atom stereocenters. The number of hydrogen-bond acceptors (Lipinski definition) is 11. The van der Waals surface area contributed by atoms with E-state index in [1.54, 1.807) is 48.5 Å². The van der Waals surface area contributed by atoms with E-state index in [9.17, 15) is 19.7 Å². The molecule has 0 radical (unpaired) electrons. The zero-order valence-corrected chi connectivity index (χ0v) is 27.4. The highest BCUT2D eigenvalue weighted by Crippen LogP contribution is 2.38. The van der Waals surface area contributed by atoms with Crippen molar-refractivity contribution in [3.63, 3.8) is 0 Å². The maximum atomic E-state index is 14.0. The number of rotatable bonds is 12. The van der Waals surface area contributed by atoms with Gasteiger partial charge in [0.25, 0.3) is 11.2 Å². The highest BCUT2D eigenvalue weighted by molar-refractivity contribution is 7.07. The predicted octanol–water partition coefficient (Wildman–Crippen LogP) is 4.96. The van der Waals surface area contributed by atoms with Crippen LogP contribution in [0.15, 0.2) is 76.2 Å². The second-order valence-corrected chi connectivity index (χ2v) is 11.4. The van der Waals surface area contributed by atoms with Crippen LogP contribution in [-0.4, -0.2) is 42.9 Å². The molecule has 244 valence electrons. The molecule has 4 aromatic rings. The Balaban J connectivity index is 1.53. The molecule has 2 heterocycles. The molecular formula is C33H30ClN3O9S. The molecule has 0 amide bonds. The normalized spacial score (nSPS) is 14.0. The number of ether oxygens (including phenoxy) is 5. The molecule has 5 rings (SSSR count). The van der Waals surface area contributed by atoms with E-state index in [4.69, 9.17) is 35.3 Å². The lowest BCUT2D eigenvalue weighted by Crippen LogP contribution is -2.39. The van der Waals surface area contributed by atoms with Gasteiger partial charge in [-0.25, -0.2) is 9.79 Å². The lowest BCUT2D eigenvalue weighted by Gasteiger charge is -2.23. The number of nitrogens with zero attached hydrogens (tertiary/aromatic N) is 3. The lowest BCUT2D eigenvalue weighted by molar-refractivity contribution is -0.384. The Labute approximate surface area is 277 Å². The number of aromatic nitrogens is 1. The number of benzene rings is 3. The van der Waals surface area contributed by atoms with Crippen LogP contribution in [-0.2, 0) is 16.1 Å². The number of carbonyl (C=O) groups excluding carboxylic acids is 1. The number of hydrogen-bond donors (Lipinski definition) is 0. The molecule has 14 heteroatoms. The van der Waals surface area contributed by atoms with Gasteiger partial charge in [-0.05, 0) is 73.0 Å². The quantitative estimate of drug-likeness (QED) is 0.115. The number of thiazole rings is 1.